The van der Waals surface area contributed by atoms with Gasteiger partial charge in [-0.3, -0.25) is 14.4 Å². The van der Waals surface area contributed by atoms with Gasteiger partial charge in [0.05, 0.1) is 12.8 Å². The number of carboxylic acid groups (broad SMARTS) is 1. The fourth-order valence-electron chi connectivity index (χ4n) is 3.99. The number of benzene rings is 2. The minimum atomic E-state index is -0.875. The summed E-state index contributed by atoms with van der Waals surface area (Å²) in [5.74, 6) is 1.05. The van der Waals surface area contributed by atoms with Crippen LogP contribution in [0.1, 0.15) is 10.4 Å². The number of carbonyl (C=O) groups excluding carboxylic acids is 1. The zero-order valence-electron chi connectivity index (χ0n) is 19.8. The van der Waals surface area contributed by atoms with Crippen molar-refractivity contribution in [2.24, 2.45) is 7.05 Å². The molecule has 0 unspecified atom stereocenters. The summed E-state index contributed by atoms with van der Waals surface area (Å²) < 4.78 is 13.1. The van der Waals surface area contributed by atoms with Crippen molar-refractivity contribution in [3.05, 3.63) is 60.3 Å². The second kappa shape index (κ2) is 10.9. The molecule has 10 heteroatoms. The molecular formula is C25H29N5O5. The van der Waals surface area contributed by atoms with Gasteiger partial charge in [-0.25, -0.2) is 4.79 Å². The van der Waals surface area contributed by atoms with E-state index in [0.29, 0.717) is 62.1 Å². The molecule has 1 aliphatic heterocycles. The van der Waals surface area contributed by atoms with E-state index in [1.54, 1.807) is 48.3 Å². The maximum Gasteiger partial charge on any atom is 0.407 e. The average molecular weight is 480 g/mol. The fourth-order valence-corrected chi connectivity index (χ4v) is 3.99. The molecule has 0 saturated carbocycles. The Morgan fingerprint density at radius 3 is 2.57 bits per heavy atom. The maximum atomic E-state index is 12.8. The number of methoxy groups -OCH3 is 1. The minimum absolute atomic E-state index is 0.242. The first-order valence-electron chi connectivity index (χ1n) is 11.4. The predicted octanol–water partition coefficient (Wildman–Crippen LogP) is 3.02. The molecule has 35 heavy (non-hydrogen) atoms. The van der Waals surface area contributed by atoms with Crippen LogP contribution >= 0.6 is 0 Å². The average Bonchev–Trinajstić information content (AvgIpc) is 3.30. The van der Waals surface area contributed by atoms with Gasteiger partial charge in [0.2, 0.25) is 0 Å². The fraction of sp³-hybridized carbons (Fsp3) is 0.320. The number of anilines is 1. The maximum absolute atomic E-state index is 12.8. The Bertz CT molecular complexity index is 1190. The predicted molar refractivity (Wildman–Crippen MR) is 131 cm³/mol. The van der Waals surface area contributed by atoms with Crippen molar-refractivity contribution in [2.45, 2.75) is 0 Å². The molecule has 2 N–H and O–H groups in total. The molecule has 0 spiro atoms. The van der Waals surface area contributed by atoms with Crippen molar-refractivity contribution in [3.8, 4) is 22.8 Å². The summed E-state index contributed by atoms with van der Waals surface area (Å²) >= 11 is 0. The number of aromatic nitrogens is 2. The van der Waals surface area contributed by atoms with Crippen LogP contribution in [0.15, 0.2) is 54.7 Å². The number of nitrogens with zero attached hydrogens (tertiary/aromatic N) is 4. The molecule has 3 aromatic rings. The zero-order valence-corrected chi connectivity index (χ0v) is 19.8. The van der Waals surface area contributed by atoms with E-state index in [-0.39, 0.29) is 5.91 Å². The molecule has 1 aromatic heterocycles. The molecule has 0 bridgehead atoms. The van der Waals surface area contributed by atoms with Gasteiger partial charge in [-0.05, 0) is 42.5 Å². The number of hydrogen-bond donors (Lipinski definition) is 2. The number of rotatable bonds is 8. The van der Waals surface area contributed by atoms with Crippen LogP contribution in [0.25, 0.3) is 11.3 Å². The van der Waals surface area contributed by atoms with Crippen LogP contribution in [-0.2, 0) is 7.05 Å². The molecule has 1 saturated heterocycles. The summed E-state index contributed by atoms with van der Waals surface area (Å²) in [7, 11) is 3.41. The SMILES string of the molecule is COc1cccc(C(=O)Nc2ccc(OCCN3CCN(C(=O)O)CC3)c(-c3ccnn3C)c2)c1. The molecule has 2 heterocycles. The first kappa shape index (κ1) is 24.1. The third-order valence-corrected chi connectivity index (χ3v) is 5.97. The van der Waals surface area contributed by atoms with Gasteiger partial charge in [0, 0.05) is 62.8 Å². The van der Waals surface area contributed by atoms with Gasteiger partial charge in [0.1, 0.15) is 18.1 Å². The minimum Gasteiger partial charge on any atom is -0.497 e. The van der Waals surface area contributed by atoms with Crippen molar-refractivity contribution >= 4 is 17.7 Å². The molecule has 184 valence electrons. The van der Waals surface area contributed by atoms with Crippen LogP contribution in [0.3, 0.4) is 0 Å². The summed E-state index contributed by atoms with van der Waals surface area (Å²) in [6.07, 6.45) is 0.836. The number of carbonyl (C=O) groups is 2. The monoisotopic (exact) mass is 479 g/mol. The Morgan fingerprint density at radius 2 is 1.89 bits per heavy atom. The van der Waals surface area contributed by atoms with Gasteiger partial charge in [0.25, 0.3) is 5.91 Å². The lowest BCUT2D eigenvalue weighted by Crippen LogP contribution is -2.49. The molecule has 1 aliphatic rings. The molecule has 2 aromatic carbocycles. The first-order valence-corrected chi connectivity index (χ1v) is 11.4. The molecule has 0 radical (unpaired) electrons. The van der Waals surface area contributed by atoms with Gasteiger partial charge in [-0.15, -0.1) is 0 Å². The lowest BCUT2D eigenvalue weighted by molar-refractivity contribution is 0.0984. The van der Waals surface area contributed by atoms with E-state index in [1.807, 2.05) is 25.2 Å². The van der Waals surface area contributed by atoms with Crippen LogP contribution in [-0.4, -0.2) is 83.1 Å². The van der Waals surface area contributed by atoms with E-state index >= 15 is 0 Å². The van der Waals surface area contributed by atoms with Crippen LogP contribution in [0.4, 0.5) is 10.5 Å². The quantitative estimate of drug-likeness (QED) is 0.511. The summed E-state index contributed by atoms with van der Waals surface area (Å²) in [5.41, 5.74) is 2.79. The normalized spacial score (nSPS) is 13.9. The number of nitrogens with one attached hydrogen (secondary N) is 1. The zero-order chi connectivity index (χ0) is 24.8. The summed E-state index contributed by atoms with van der Waals surface area (Å²) in [5, 5.41) is 16.3. The van der Waals surface area contributed by atoms with Gasteiger partial charge in [0.15, 0.2) is 0 Å². The van der Waals surface area contributed by atoms with E-state index < -0.39 is 6.09 Å². The molecule has 10 nitrogen and oxygen atoms in total. The van der Waals surface area contributed by atoms with Crippen molar-refractivity contribution < 1.29 is 24.2 Å². The lowest BCUT2D eigenvalue weighted by atomic mass is 10.1. The van der Waals surface area contributed by atoms with Crippen LogP contribution < -0.4 is 14.8 Å². The largest absolute Gasteiger partial charge is 0.497 e. The van der Waals surface area contributed by atoms with Crippen LogP contribution in [0.2, 0.25) is 0 Å². The second-order valence-corrected chi connectivity index (χ2v) is 8.20. The van der Waals surface area contributed by atoms with Gasteiger partial charge in [-0.2, -0.15) is 5.10 Å². The lowest BCUT2D eigenvalue weighted by Gasteiger charge is -2.32. The number of amides is 2. The molecule has 4 rings (SSSR count). The standard InChI is InChI=1S/C25H29N5O5/c1-28-22(8-9-26-28)21-17-19(27-24(31)18-4-3-5-20(16-18)34-2)6-7-23(21)35-15-14-29-10-12-30(13-11-29)25(32)33/h3-9,16-17H,10-15H2,1-2H3,(H,27,31)(H,32,33). The Kier molecular flexibility index (Phi) is 7.51. The highest BCUT2D eigenvalue weighted by atomic mass is 16.5. The Morgan fingerprint density at radius 1 is 1.09 bits per heavy atom. The highest BCUT2D eigenvalue weighted by Gasteiger charge is 2.20. The summed E-state index contributed by atoms with van der Waals surface area (Å²) in [6.45, 7) is 3.49. The molecule has 1 fully saturated rings. The number of piperazine rings is 1. The van der Waals surface area contributed by atoms with Gasteiger partial charge >= 0.3 is 6.09 Å². The van der Waals surface area contributed by atoms with Gasteiger partial charge in [-0.1, -0.05) is 6.07 Å². The van der Waals surface area contributed by atoms with Crippen LogP contribution in [0, 0.1) is 0 Å². The topological polar surface area (TPSA) is 109 Å². The van der Waals surface area contributed by atoms with Crippen molar-refractivity contribution in [1.29, 1.82) is 0 Å². The van der Waals surface area contributed by atoms with E-state index in [2.05, 4.69) is 15.3 Å². The van der Waals surface area contributed by atoms with Crippen molar-refractivity contribution in [2.75, 3.05) is 51.8 Å². The van der Waals surface area contributed by atoms with E-state index in [1.165, 1.54) is 4.90 Å². The molecular weight excluding hydrogens is 450 g/mol. The van der Waals surface area contributed by atoms with Crippen LogP contribution in [0.5, 0.6) is 11.5 Å². The van der Waals surface area contributed by atoms with E-state index in [4.69, 9.17) is 14.6 Å². The Balaban J connectivity index is 1.45. The Hall–Kier alpha value is -4.05. The summed E-state index contributed by atoms with van der Waals surface area (Å²) in [6, 6.07) is 14.4. The van der Waals surface area contributed by atoms with Crippen molar-refractivity contribution in [1.82, 2.24) is 19.6 Å². The first-order chi connectivity index (χ1) is 16.9. The molecule has 0 aliphatic carbocycles. The third kappa shape index (κ3) is 5.90. The smallest absolute Gasteiger partial charge is 0.407 e. The van der Waals surface area contributed by atoms with Crippen molar-refractivity contribution in [3.63, 3.8) is 0 Å². The third-order valence-electron chi connectivity index (χ3n) is 5.97. The molecule has 0 atom stereocenters. The van der Waals surface area contributed by atoms with E-state index in [9.17, 15) is 9.59 Å². The van der Waals surface area contributed by atoms with Gasteiger partial charge < -0.3 is 24.8 Å². The highest BCUT2D eigenvalue weighted by Crippen LogP contribution is 2.32. The highest BCUT2D eigenvalue weighted by molar-refractivity contribution is 6.04. The second-order valence-electron chi connectivity index (χ2n) is 8.20. The number of aryl methyl sites for hydroxylation is 1. The number of ether oxygens (including phenoxy) is 2. The van der Waals surface area contributed by atoms with E-state index in [0.717, 1.165) is 11.3 Å². The number of hydrogen-bond acceptors (Lipinski definition) is 6. The molecule has 2 amide bonds. The summed E-state index contributed by atoms with van der Waals surface area (Å²) in [4.78, 5) is 27.5. The Labute approximate surface area is 203 Å².